The highest BCUT2D eigenvalue weighted by atomic mass is 32.2. The van der Waals surface area contributed by atoms with Crippen LogP contribution in [0, 0.1) is 0 Å². The molecule has 0 aromatic heterocycles. The van der Waals surface area contributed by atoms with Crippen molar-refractivity contribution in [1.82, 2.24) is 0 Å². The van der Waals surface area contributed by atoms with Crippen LogP contribution in [0.3, 0.4) is 0 Å². The van der Waals surface area contributed by atoms with Crippen LogP contribution in [0.4, 0.5) is 16.2 Å². The van der Waals surface area contributed by atoms with E-state index in [9.17, 15) is 9.59 Å². The summed E-state index contributed by atoms with van der Waals surface area (Å²) >= 11 is 1.59. The molecule has 5 nitrogen and oxygen atoms in total. The number of esters is 1. The van der Waals surface area contributed by atoms with Crippen LogP contribution >= 0.6 is 11.8 Å². The van der Waals surface area contributed by atoms with E-state index in [1.807, 2.05) is 110 Å². The molecule has 2 amide bonds. The number of nitrogens with one attached hydrogen (secondary N) is 1. The molecule has 5 aromatic carbocycles. The average molecular weight is 561 g/mol. The summed E-state index contributed by atoms with van der Waals surface area (Å²) in [6.07, 6.45) is 1.88. The maximum absolute atomic E-state index is 13.7. The second-order valence-corrected chi connectivity index (χ2v) is 10.8. The summed E-state index contributed by atoms with van der Waals surface area (Å²) < 4.78 is 5.37. The Labute approximate surface area is 245 Å². The highest BCUT2D eigenvalue weighted by Gasteiger charge is 2.17. The third-order valence-electron chi connectivity index (χ3n) is 6.59. The molecule has 0 atom stereocenters. The molecule has 0 aliphatic carbocycles. The molecule has 0 heterocycles. The molecule has 5 rings (SSSR count). The summed E-state index contributed by atoms with van der Waals surface area (Å²) in [7, 11) is 0. The van der Waals surface area contributed by atoms with Gasteiger partial charge in [-0.2, -0.15) is 0 Å². The molecule has 0 saturated heterocycles. The predicted molar refractivity (Wildman–Crippen MR) is 168 cm³/mol. The number of amides is 2. The van der Waals surface area contributed by atoms with Gasteiger partial charge in [0, 0.05) is 34.1 Å². The Kier molecular flexibility index (Phi) is 9.34. The fraction of sp³-hybridized carbons (Fsp3) is 0.143. The van der Waals surface area contributed by atoms with Gasteiger partial charge < -0.3 is 10.1 Å². The Morgan fingerprint density at radius 3 is 2.29 bits per heavy atom. The van der Waals surface area contributed by atoms with Crippen LogP contribution in [0.1, 0.15) is 25.3 Å². The number of hydrogen-bond donors (Lipinski definition) is 1. The van der Waals surface area contributed by atoms with Crippen LogP contribution in [-0.4, -0.2) is 18.5 Å². The molecule has 0 spiro atoms. The monoisotopic (exact) mass is 560 g/mol. The van der Waals surface area contributed by atoms with Crippen LogP contribution in [-0.2, 0) is 11.2 Å². The van der Waals surface area contributed by atoms with E-state index in [2.05, 4.69) is 23.5 Å². The molecule has 0 aliphatic rings. The van der Waals surface area contributed by atoms with Gasteiger partial charge in [0.1, 0.15) is 5.75 Å². The second-order valence-electron chi connectivity index (χ2n) is 9.67. The topological polar surface area (TPSA) is 58.6 Å². The third-order valence-corrected chi connectivity index (χ3v) is 7.58. The molecule has 41 heavy (non-hydrogen) atoms. The van der Waals surface area contributed by atoms with Gasteiger partial charge in [-0.3, -0.25) is 9.69 Å². The summed E-state index contributed by atoms with van der Waals surface area (Å²) in [5.41, 5.74) is 2.74. The van der Waals surface area contributed by atoms with Gasteiger partial charge in [-0.15, -0.1) is 0 Å². The van der Waals surface area contributed by atoms with Crippen molar-refractivity contribution in [3.05, 3.63) is 127 Å². The summed E-state index contributed by atoms with van der Waals surface area (Å²) in [5.74, 6) is 0.317. The van der Waals surface area contributed by atoms with Gasteiger partial charge >= 0.3 is 12.0 Å². The zero-order valence-electron chi connectivity index (χ0n) is 23.0. The number of urea groups is 1. The maximum Gasteiger partial charge on any atom is 0.326 e. The molecule has 0 saturated carbocycles. The van der Waals surface area contributed by atoms with Crippen molar-refractivity contribution in [1.29, 1.82) is 0 Å². The van der Waals surface area contributed by atoms with E-state index in [-0.39, 0.29) is 12.0 Å². The predicted octanol–water partition coefficient (Wildman–Crippen LogP) is 8.98. The first kappa shape index (κ1) is 28.0. The SMILES string of the molecule is CCCC(=O)Oc1ccc(Sc2cccc(N(CCc3ccccc3)C(=O)Nc3ccc4ccccc4c3)c2)cc1. The van der Waals surface area contributed by atoms with Crippen LogP contribution < -0.4 is 15.0 Å². The van der Waals surface area contributed by atoms with Crippen LogP contribution in [0.25, 0.3) is 10.8 Å². The molecule has 0 aliphatic heterocycles. The number of hydrogen-bond acceptors (Lipinski definition) is 4. The number of carbonyl (C=O) groups excluding carboxylic acids is 2. The second kappa shape index (κ2) is 13.7. The summed E-state index contributed by atoms with van der Waals surface area (Å²) in [6, 6.07) is 39.5. The third kappa shape index (κ3) is 7.77. The number of fused-ring (bicyclic) bond motifs is 1. The number of rotatable bonds is 10. The minimum atomic E-state index is -0.224. The minimum Gasteiger partial charge on any atom is -0.427 e. The summed E-state index contributed by atoms with van der Waals surface area (Å²) in [6.45, 7) is 2.47. The van der Waals surface area contributed by atoms with Gasteiger partial charge in [0.05, 0.1) is 0 Å². The van der Waals surface area contributed by atoms with Gasteiger partial charge in [-0.05, 0) is 83.8 Å². The Morgan fingerprint density at radius 1 is 0.756 bits per heavy atom. The van der Waals surface area contributed by atoms with Crippen molar-refractivity contribution in [2.45, 2.75) is 36.0 Å². The lowest BCUT2D eigenvalue weighted by atomic mass is 10.1. The molecule has 5 aromatic rings. The molecule has 0 radical (unpaired) electrons. The molecule has 206 valence electrons. The van der Waals surface area contributed by atoms with Crippen molar-refractivity contribution in [3.8, 4) is 5.75 Å². The van der Waals surface area contributed by atoms with E-state index < -0.39 is 0 Å². The van der Waals surface area contributed by atoms with E-state index in [1.54, 1.807) is 16.7 Å². The fourth-order valence-electron chi connectivity index (χ4n) is 4.50. The largest absolute Gasteiger partial charge is 0.427 e. The Morgan fingerprint density at radius 2 is 1.51 bits per heavy atom. The zero-order valence-corrected chi connectivity index (χ0v) is 23.8. The molecule has 0 bridgehead atoms. The van der Waals surface area contributed by atoms with Crippen molar-refractivity contribution in [3.63, 3.8) is 0 Å². The molecular weight excluding hydrogens is 528 g/mol. The van der Waals surface area contributed by atoms with E-state index in [0.29, 0.717) is 18.7 Å². The van der Waals surface area contributed by atoms with Crippen LogP contribution in [0.5, 0.6) is 5.75 Å². The van der Waals surface area contributed by atoms with Gasteiger partial charge in [0.25, 0.3) is 0 Å². The maximum atomic E-state index is 13.7. The smallest absolute Gasteiger partial charge is 0.326 e. The van der Waals surface area contributed by atoms with Gasteiger partial charge in [-0.1, -0.05) is 85.4 Å². The van der Waals surface area contributed by atoms with Crippen molar-refractivity contribution in [2.24, 2.45) is 0 Å². The number of nitrogens with zero attached hydrogens (tertiary/aromatic N) is 1. The lowest BCUT2D eigenvalue weighted by Gasteiger charge is -2.24. The lowest BCUT2D eigenvalue weighted by Crippen LogP contribution is -2.36. The van der Waals surface area contributed by atoms with Gasteiger partial charge in [0.2, 0.25) is 0 Å². The average Bonchev–Trinajstić information content (AvgIpc) is 2.99. The molecule has 6 heteroatoms. The molecule has 1 N–H and O–H groups in total. The van der Waals surface area contributed by atoms with Gasteiger partial charge in [0.15, 0.2) is 0 Å². The Hall–Kier alpha value is -4.55. The molecule has 0 fully saturated rings. The number of benzene rings is 5. The van der Waals surface area contributed by atoms with E-state index in [0.717, 1.165) is 44.8 Å². The first-order chi connectivity index (χ1) is 20.1. The van der Waals surface area contributed by atoms with Gasteiger partial charge in [-0.25, -0.2) is 4.79 Å². The zero-order chi connectivity index (χ0) is 28.4. The quantitative estimate of drug-likeness (QED) is 0.137. The molecular formula is C35H32N2O3S. The lowest BCUT2D eigenvalue weighted by molar-refractivity contribution is -0.134. The van der Waals surface area contributed by atoms with Crippen molar-refractivity contribution in [2.75, 3.05) is 16.8 Å². The Bertz CT molecular complexity index is 1620. The van der Waals surface area contributed by atoms with E-state index in [1.165, 1.54) is 5.56 Å². The highest BCUT2D eigenvalue weighted by molar-refractivity contribution is 7.99. The summed E-state index contributed by atoms with van der Waals surface area (Å²) in [4.78, 5) is 29.3. The van der Waals surface area contributed by atoms with Crippen LogP contribution in [0.2, 0.25) is 0 Å². The summed E-state index contributed by atoms with van der Waals surface area (Å²) in [5, 5.41) is 5.31. The normalized spacial score (nSPS) is 10.8. The first-order valence-electron chi connectivity index (χ1n) is 13.8. The van der Waals surface area contributed by atoms with Crippen molar-refractivity contribution >= 4 is 45.9 Å². The molecule has 0 unspecified atom stereocenters. The van der Waals surface area contributed by atoms with Crippen molar-refractivity contribution < 1.29 is 14.3 Å². The first-order valence-corrected chi connectivity index (χ1v) is 14.6. The standard InChI is InChI=1S/C35H32N2O3S/c1-2-9-34(38)40-31-18-20-32(21-19-31)41-33-15-8-14-30(25-33)37(23-22-26-10-4-3-5-11-26)35(39)36-29-17-16-27-12-6-7-13-28(27)24-29/h3-8,10-21,24-25H,2,9,22-23H2,1H3,(H,36,39). The van der Waals surface area contributed by atoms with E-state index in [4.69, 9.17) is 4.74 Å². The number of ether oxygens (including phenoxy) is 1. The minimum absolute atomic E-state index is 0.184. The van der Waals surface area contributed by atoms with E-state index >= 15 is 0 Å². The fourth-order valence-corrected chi connectivity index (χ4v) is 5.38. The Balaban J connectivity index is 1.34. The van der Waals surface area contributed by atoms with Crippen LogP contribution in [0.15, 0.2) is 131 Å². The highest BCUT2D eigenvalue weighted by Crippen LogP contribution is 2.32. The number of anilines is 2. The number of carbonyl (C=O) groups is 2.